The van der Waals surface area contributed by atoms with Gasteiger partial charge in [0.25, 0.3) is 5.79 Å². The lowest BCUT2D eigenvalue weighted by Gasteiger charge is -2.29. The zero-order valence-corrected chi connectivity index (χ0v) is 13.1. The molecule has 0 saturated carbocycles. The third-order valence-electron chi connectivity index (χ3n) is 2.99. The molecule has 0 bridgehead atoms. The molecule has 1 amide bonds. The van der Waals surface area contributed by atoms with Crippen LogP contribution in [0.1, 0.15) is 27.2 Å². The molecule has 0 aromatic heterocycles. The van der Waals surface area contributed by atoms with Crippen LogP contribution in [0, 0.1) is 0 Å². The number of hydrogen-bond acceptors (Lipinski definition) is 6. The number of anilines is 2. The molecule has 122 valence electrons. The average Bonchev–Trinajstić information content (AvgIpc) is 2.46. The van der Waals surface area contributed by atoms with Crippen LogP contribution in [0.3, 0.4) is 0 Å². The van der Waals surface area contributed by atoms with Crippen LogP contribution in [0.5, 0.6) is 0 Å². The molecule has 1 fully saturated rings. The maximum atomic E-state index is 11.8. The fourth-order valence-corrected chi connectivity index (χ4v) is 1.83. The number of rotatable bonds is 4. The highest BCUT2D eigenvalue weighted by molar-refractivity contribution is 6.15. The second-order valence-corrected chi connectivity index (χ2v) is 5.36. The maximum absolute atomic E-state index is 11.8. The minimum Gasteiger partial charge on any atom is -0.419 e. The Kier molecular flexibility index (Phi) is 4.68. The summed E-state index contributed by atoms with van der Waals surface area (Å²) in [7, 11) is 0. The van der Waals surface area contributed by atoms with Crippen molar-refractivity contribution in [1.82, 2.24) is 0 Å². The van der Waals surface area contributed by atoms with Crippen LogP contribution >= 0.6 is 0 Å². The van der Waals surface area contributed by atoms with Crippen LogP contribution in [0.15, 0.2) is 36.0 Å². The smallest absolute Gasteiger partial charge is 0.350 e. The van der Waals surface area contributed by atoms with E-state index < -0.39 is 17.7 Å². The van der Waals surface area contributed by atoms with E-state index in [9.17, 15) is 14.4 Å². The Morgan fingerprint density at radius 1 is 1.09 bits per heavy atom. The van der Waals surface area contributed by atoms with E-state index in [4.69, 9.17) is 9.47 Å². The first-order chi connectivity index (χ1) is 10.8. The number of nitrogens with one attached hydrogen (secondary N) is 2. The predicted octanol–water partition coefficient (Wildman–Crippen LogP) is 2.17. The molecule has 0 unspecified atom stereocenters. The molecule has 1 saturated heterocycles. The van der Waals surface area contributed by atoms with E-state index >= 15 is 0 Å². The number of carbonyl (C=O) groups excluding carboxylic acids is 3. The van der Waals surface area contributed by atoms with E-state index in [2.05, 4.69) is 10.6 Å². The van der Waals surface area contributed by atoms with E-state index in [1.807, 2.05) is 0 Å². The molecule has 0 radical (unpaired) electrons. The van der Waals surface area contributed by atoms with Gasteiger partial charge in [-0.2, -0.15) is 0 Å². The highest BCUT2D eigenvalue weighted by Gasteiger charge is 2.38. The molecule has 1 aliphatic heterocycles. The first-order valence-corrected chi connectivity index (χ1v) is 7.14. The van der Waals surface area contributed by atoms with Gasteiger partial charge in [0.2, 0.25) is 5.91 Å². The fraction of sp³-hybridized carbons (Fsp3) is 0.312. The van der Waals surface area contributed by atoms with Gasteiger partial charge in [-0.3, -0.25) is 4.79 Å². The third-order valence-corrected chi connectivity index (χ3v) is 2.99. The molecule has 1 aliphatic rings. The third kappa shape index (κ3) is 4.32. The number of hydrogen-bond donors (Lipinski definition) is 2. The first-order valence-electron chi connectivity index (χ1n) is 7.14. The highest BCUT2D eigenvalue weighted by Crippen LogP contribution is 2.23. The Balaban J connectivity index is 2.04. The SMILES string of the molecule is CCC(=O)Nc1ccc(NC=C2C(=O)OC(C)(C)OC2=O)cc1. The van der Waals surface area contributed by atoms with Gasteiger partial charge in [0.1, 0.15) is 0 Å². The average molecular weight is 318 g/mol. The van der Waals surface area contributed by atoms with Crippen molar-refractivity contribution in [3.05, 3.63) is 36.0 Å². The quantitative estimate of drug-likeness (QED) is 0.502. The van der Waals surface area contributed by atoms with Crippen LogP contribution < -0.4 is 10.6 Å². The zero-order chi connectivity index (χ0) is 17.0. The molecule has 0 atom stereocenters. The topological polar surface area (TPSA) is 93.7 Å². The molecule has 0 spiro atoms. The van der Waals surface area contributed by atoms with Crippen LogP contribution in [0.4, 0.5) is 11.4 Å². The molecule has 2 rings (SSSR count). The second-order valence-electron chi connectivity index (χ2n) is 5.36. The summed E-state index contributed by atoms with van der Waals surface area (Å²) in [6.45, 7) is 4.73. The molecular weight excluding hydrogens is 300 g/mol. The monoisotopic (exact) mass is 318 g/mol. The van der Waals surface area contributed by atoms with Crippen molar-refractivity contribution in [3.8, 4) is 0 Å². The van der Waals surface area contributed by atoms with Crippen molar-refractivity contribution in [1.29, 1.82) is 0 Å². The summed E-state index contributed by atoms with van der Waals surface area (Å²) in [5.41, 5.74) is 1.08. The lowest BCUT2D eigenvalue weighted by Crippen LogP contribution is -2.42. The highest BCUT2D eigenvalue weighted by atomic mass is 16.7. The number of benzene rings is 1. The van der Waals surface area contributed by atoms with Crippen LogP contribution in [0.2, 0.25) is 0 Å². The number of amides is 1. The predicted molar refractivity (Wildman–Crippen MR) is 83.3 cm³/mol. The maximum Gasteiger partial charge on any atom is 0.350 e. The lowest BCUT2D eigenvalue weighted by atomic mass is 10.2. The summed E-state index contributed by atoms with van der Waals surface area (Å²) >= 11 is 0. The van der Waals surface area contributed by atoms with Gasteiger partial charge in [-0.15, -0.1) is 0 Å². The van der Waals surface area contributed by atoms with Crippen molar-refractivity contribution < 1.29 is 23.9 Å². The van der Waals surface area contributed by atoms with Crippen LogP contribution in [-0.4, -0.2) is 23.6 Å². The Morgan fingerprint density at radius 2 is 1.61 bits per heavy atom. The second kappa shape index (κ2) is 6.51. The summed E-state index contributed by atoms with van der Waals surface area (Å²) in [5.74, 6) is -2.83. The van der Waals surface area contributed by atoms with Gasteiger partial charge in [-0.05, 0) is 24.3 Å². The molecule has 1 aromatic carbocycles. The van der Waals surface area contributed by atoms with Crippen molar-refractivity contribution in [2.45, 2.75) is 33.0 Å². The Labute approximate surface area is 133 Å². The molecule has 2 N–H and O–H groups in total. The summed E-state index contributed by atoms with van der Waals surface area (Å²) in [6, 6.07) is 6.81. The first kappa shape index (κ1) is 16.5. The molecule has 1 heterocycles. The van der Waals surface area contributed by atoms with Gasteiger partial charge in [0, 0.05) is 37.8 Å². The van der Waals surface area contributed by atoms with E-state index in [0.717, 1.165) is 0 Å². The number of cyclic esters (lactones) is 2. The zero-order valence-electron chi connectivity index (χ0n) is 13.1. The van der Waals surface area contributed by atoms with Crippen molar-refractivity contribution in [2.24, 2.45) is 0 Å². The van der Waals surface area contributed by atoms with Crippen LogP contribution in [-0.2, 0) is 23.9 Å². The van der Waals surface area contributed by atoms with E-state index in [1.54, 1.807) is 31.2 Å². The number of ether oxygens (including phenoxy) is 2. The van der Waals surface area contributed by atoms with Gasteiger partial charge in [-0.25, -0.2) is 9.59 Å². The lowest BCUT2D eigenvalue weighted by molar-refractivity contribution is -0.222. The Morgan fingerprint density at radius 3 is 2.13 bits per heavy atom. The van der Waals surface area contributed by atoms with Gasteiger partial charge in [0.15, 0.2) is 5.57 Å². The van der Waals surface area contributed by atoms with Crippen molar-refractivity contribution >= 4 is 29.2 Å². The summed E-state index contributed by atoms with van der Waals surface area (Å²) in [6.07, 6.45) is 1.63. The van der Waals surface area contributed by atoms with Crippen molar-refractivity contribution in [3.63, 3.8) is 0 Å². The summed E-state index contributed by atoms with van der Waals surface area (Å²) in [5, 5.41) is 5.54. The molecular formula is C16H18N2O5. The fourth-order valence-electron chi connectivity index (χ4n) is 1.83. The normalized spacial score (nSPS) is 16.2. The Hall–Kier alpha value is -2.83. The van der Waals surface area contributed by atoms with Gasteiger partial charge < -0.3 is 20.1 Å². The number of carbonyl (C=O) groups is 3. The van der Waals surface area contributed by atoms with Gasteiger partial charge in [0.05, 0.1) is 0 Å². The van der Waals surface area contributed by atoms with Crippen molar-refractivity contribution in [2.75, 3.05) is 10.6 Å². The molecule has 23 heavy (non-hydrogen) atoms. The standard InChI is InChI=1S/C16H18N2O5/c1-4-13(19)18-11-7-5-10(6-8-11)17-9-12-14(20)22-16(2,3)23-15(12)21/h5-9,17H,4H2,1-3H3,(H,18,19). The molecule has 7 nitrogen and oxygen atoms in total. The van der Waals surface area contributed by atoms with Crippen LogP contribution in [0.25, 0.3) is 0 Å². The molecule has 7 heteroatoms. The minimum absolute atomic E-state index is 0.0804. The minimum atomic E-state index is -1.26. The van der Waals surface area contributed by atoms with Gasteiger partial charge in [-0.1, -0.05) is 6.92 Å². The van der Waals surface area contributed by atoms with E-state index in [0.29, 0.717) is 17.8 Å². The molecule has 0 aliphatic carbocycles. The van der Waals surface area contributed by atoms with Gasteiger partial charge >= 0.3 is 11.9 Å². The largest absolute Gasteiger partial charge is 0.419 e. The summed E-state index contributed by atoms with van der Waals surface area (Å²) < 4.78 is 9.97. The number of esters is 2. The Bertz CT molecular complexity index is 640. The van der Waals surface area contributed by atoms with E-state index in [-0.39, 0.29) is 11.5 Å². The summed E-state index contributed by atoms with van der Waals surface area (Å²) in [4.78, 5) is 34.8. The molecule has 1 aromatic rings. The van der Waals surface area contributed by atoms with E-state index in [1.165, 1.54) is 20.0 Å².